The van der Waals surface area contributed by atoms with E-state index < -0.39 is 0 Å². The van der Waals surface area contributed by atoms with Crippen LogP contribution in [-0.2, 0) is 6.54 Å². The minimum atomic E-state index is 0.405. The summed E-state index contributed by atoms with van der Waals surface area (Å²) in [5.74, 6) is 1.15. The fraction of sp³-hybridized carbons (Fsp3) is 0.583. The molecule has 0 saturated carbocycles. The SMILES string of the molecule is CCCC(C)COc1cc(CN)c(Cl)cn1. The first-order chi connectivity index (χ1) is 7.67. The number of nitrogens with two attached hydrogens (primary N) is 1. The van der Waals surface area contributed by atoms with Crippen LogP contribution in [0.3, 0.4) is 0 Å². The predicted molar refractivity (Wildman–Crippen MR) is 66.7 cm³/mol. The van der Waals surface area contributed by atoms with E-state index in [1.807, 2.05) is 0 Å². The van der Waals surface area contributed by atoms with Crippen LogP contribution in [0.25, 0.3) is 0 Å². The molecule has 0 aliphatic heterocycles. The van der Waals surface area contributed by atoms with Gasteiger partial charge in [-0.3, -0.25) is 0 Å². The number of nitrogens with zero attached hydrogens (tertiary/aromatic N) is 1. The normalized spacial score (nSPS) is 12.5. The molecule has 0 bridgehead atoms. The first kappa shape index (κ1) is 13.3. The van der Waals surface area contributed by atoms with E-state index in [9.17, 15) is 0 Å². The molecule has 1 aromatic heterocycles. The summed E-state index contributed by atoms with van der Waals surface area (Å²) in [4.78, 5) is 4.11. The van der Waals surface area contributed by atoms with Gasteiger partial charge in [0.25, 0.3) is 0 Å². The Labute approximate surface area is 102 Å². The van der Waals surface area contributed by atoms with Crippen LogP contribution in [0.2, 0.25) is 5.02 Å². The largest absolute Gasteiger partial charge is 0.477 e. The van der Waals surface area contributed by atoms with Gasteiger partial charge in [-0.05, 0) is 17.9 Å². The monoisotopic (exact) mass is 242 g/mol. The van der Waals surface area contributed by atoms with E-state index in [1.165, 1.54) is 6.42 Å². The minimum absolute atomic E-state index is 0.405. The summed E-state index contributed by atoms with van der Waals surface area (Å²) in [6, 6.07) is 1.81. The van der Waals surface area contributed by atoms with E-state index in [1.54, 1.807) is 12.3 Å². The molecule has 0 aliphatic rings. The van der Waals surface area contributed by atoms with Crippen molar-refractivity contribution in [3.8, 4) is 5.88 Å². The van der Waals surface area contributed by atoms with Gasteiger partial charge in [0.05, 0.1) is 11.6 Å². The Kier molecular flexibility index (Phi) is 5.56. The summed E-state index contributed by atoms with van der Waals surface area (Å²) in [6.45, 7) is 5.43. The van der Waals surface area contributed by atoms with Crippen molar-refractivity contribution < 1.29 is 4.74 Å². The number of rotatable bonds is 6. The van der Waals surface area contributed by atoms with Gasteiger partial charge in [0, 0.05) is 18.8 Å². The topological polar surface area (TPSA) is 48.1 Å². The van der Waals surface area contributed by atoms with Gasteiger partial charge in [-0.15, -0.1) is 0 Å². The molecular formula is C12H19ClN2O. The van der Waals surface area contributed by atoms with Crippen LogP contribution in [-0.4, -0.2) is 11.6 Å². The average Bonchev–Trinajstić information content (AvgIpc) is 2.28. The van der Waals surface area contributed by atoms with Crippen LogP contribution in [0.4, 0.5) is 0 Å². The molecule has 0 aromatic carbocycles. The van der Waals surface area contributed by atoms with Gasteiger partial charge in [-0.25, -0.2) is 4.98 Å². The maximum Gasteiger partial charge on any atom is 0.213 e. The maximum atomic E-state index is 5.91. The molecule has 3 nitrogen and oxygen atoms in total. The lowest BCUT2D eigenvalue weighted by Gasteiger charge is -2.12. The summed E-state index contributed by atoms with van der Waals surface area (Å²) in [5, 5.41) is 0.594. The van der Waals surface area contributed by atoms with Gasteiger partial charge in [0.15, 0.2) is 0 Å². The second-order valence-electron chi connectivity index (χ2n) is 4.02. The quantitative estimate of drug-likeness (QED) is 0.834. The van der Waals surface area contributed by atoms with Gasteiger partial charge < -0.3 is 10.5 Å². The van der Waals surface area contributed by atoms with Crippen molar-refractivity contribution in [1.82, 2.24) is 4.98 Å². The molecule has 90 valence electrons. The standard InChI is InChI=1S/C12H19ClN2O/c1-3-4-9(2)8-16-12-5-10(6-14)11(13)7-15-12/h5,7,9H,3-4,6,8,14H2,1-2H3. The average molecular weight is 243 g/mol. The third kappa shape index (κ3) is 3.99. The molecule has 1 unspecified atom stereocenters. The highest BCUT2D eigenvalue weighted by molar-refractivity contribution is 6.31. The first-order valence-corrected chi connectivity index (χ1v) is 6.02. The maximum absolute atomic E-state index is 5.91. The van der Waals surface area contributed by atoms with Gasteiger partial charge in [0.2, 0.25) is 5.88 Å². The van der Waals surface area contributed by atoms with Gasteiger partial charge in [-0.2, -0.15) is 0 Å². The van der Waals surface area contributed by atoms with Crippen molar-refractivity contribution in [2.24, 2.45) is 11.7 Å². The van der Waals surface area contributed by atoms with Crippen molar-refractivity contribution >= 4 is 11.6 Å². The Bertz CT molecular complexity index is 331. The van der Waals surface area contributed by atoms with Crippen molar-refractivity contribution in [1.29, 1.82) is 0 Å². The Hall–Kier alpha value is -0.800. The van der Waals surface area contributed by atoms with E-state index in [-0.39, 0.29) is 0 Å². The second kappa shape index (κ2) is 6.71. The molecule has 16 heavy (non-hydrogen) atoms. The third-order valence-corrected chi connectivity index (χ3v) is 2.77. The Morgan fingerprint density at radius 2 is 2.31 bits per heavy atom. The lowest BCUT2D eigenvalue weighted by molar-refractivity contribution is 0.243. The van der Waals surface area contributed by atoms with Crippen molar-refractivity contribution in [2.45, 2.75) is 33.2 Å². The summed E-state index contributed by atoms with van der Waals surface area (Å²) in [7, 11) is 0. The van der Waals surface area contributed by atoms with Crippen LogP contribution in [0.5, 0.6) is 5.88 Å². The van der Waals surface area contributed by atoms with E-state index in [0.29, 0.717) is 30.0 Å². The summed E-state index contributed by atoms with van der Waals surface area (Å²) >= 11 is 5.91. The van der Waals surface area contributed by atoms with Crippen LogP contribution < -0.4 is 10.5 Å². The van der Waals surface area contributed by atoms with E-state index >= 15 is 0 Å². The van der Waals surface area contributed by atoms with Crippen LogP contribution in [0.1, 0.15) is 32.3 Å². The smallest absolute Gasteiger partial charge is 0.213 e. The first-order valence-electron chi connectivity index (χ1n) is 5.64. The third-order valence-electron chi connectivity index (χ3n) is 2.43. The molecule has 0 radical (unpaired) electrons. The van der Waals surface area contributed by atoms with Crippen LogP contribution in [0.15, 0.2) is 12.3 Å². The fourth-order valence-electron chi connectivity index (χ4n) is 1.50. The van der Waals surface area contributed by atoms with Crippen LogP contribution >= 0.6 is 11.6 Å². The van der Waals surface area contributed by atoms with Gasteiger partial charge in [-0.1, -0.05) is 31.9 Å². The molecule has 1 heterocycles. The fourth-order valence-corrected chi connectivity index (χ4v) is 1.68. The van der Waals surface area contributed by atoms with Gasteiger partial charge in [0.1, 0.15) is 0 Å². The zero-order valence-electron chi connectivity index (χ0n) is 9.87. The number of ether oxygens (including phenoxy) is 1. The number of hydrogen-bond donors (Lipinski definition) is 1. The molecule has 1 rings (SSSR count). The van der Waals surface area contributed by atoms with Crippen molar-refractivity contribution in [2.75, 3.05) is 6.61 Å². The second-order valence-corrected chi connectivity index (χ2v) is 4.43. The molecule has 0 spiro atoms. The van der Waals surface area contributed by atoms with Crippen molar-refractivity contribution in [3.05, 3.63) is 22.8 Å². The number of hydrogen-bond acceptors (Lipinski definition) is 3. The number of halogens is 1. The molecule has 1 atom stereocenters. The van der Waals surface area contributed by atoms with E-state index in [0.717, 1.165) is 12.0 Å². The van der Waals surface area contributed by atoms with Crippen molar-refractivity contribution in [3.63, 3.8) is 0 Å². The number of pyridine rings is 1. The summed E-state index contributed by atoms with van der Waals surface area (Å²) in [6.07, 6.45) is 3.92. The minimum Gasteiger partial charge on any atom is -0.477 e. The highest BCUT2D eigenvalue weighted by atomic mass is 35.5. The number of aromatic nitrogens is 1. The Balaban J connectivity index is 2.54. The molecule has 0 saturated heterocycles. The molecule has 0 amide bonds. The zero-order chi connectivity index (χ0) is 12.0. The highest BCUT2D eigenvalue weighted by Crippen LogP contribution is 2.19. The Morgan fingerprint density at radius 1 is 1.56 bits per heavy atom. The molecule has 0 fully saturated rings. The molecule has 4 heteroatoms. The molecule has 1 aromatic rings. The Morgan fingerprint density at radius 3 is 2.94 bits per heavy atom. The van der Waals surface area contributed by atoms with E-state index in [2.05, 4.69) is 18.8 Å². The van der Waals surface area contributed by atoms with E-state index in [4.69, 9.17) is 22.1 Å². The lowest BCUT2D eigenvalue weighted by Crippen LogP contribution is -2.09. The predicted octanol–water partition coefficient (Wildman–Crippen LogP) is 3.01. The summed E-state index contributed by atoms with van der Waals surface area (Å²) in [5.41, 5.74) is 6.43. The lowest BCUT2D eigenvalue weighted by atomic mass is 10.1. The molecular weight excluding hydrogens is 224 g/mol. The van der Waals surface area contributed by atoms with Gasteiger partial charge >= 0.3 is 0 Å². The highest BCUT2D eigenvalue weighted by Gasteiger charge is 2.05. The zero-order valence-corrected chi connectivity index (χ0v) is 10.6. The van der Waals surface area contributed by atoms with Crippen LogP contribution in [0, 0.1) is 5.92 Å². The molecule has 2 N–H and O–H groups in total. The summed E-state index contributed by atoms with van der Waals surface area (Å²) < 4.78 is 5.59. The molecule has 0 aliphatic carbocycles.